The van der Waals surface area contributed by atoms with Crippen LogP contribution >= 0.6 is 0 Å². The molecule has 2 aromatic carbocycles. The van der Waals surface area contributed by atoms with Gasteiger partial charge < -0.3 is 15.4 Å². The molecule has 1 atom stereocenters. The second-order valence-corrected chi connectivity index (χ2v) is 5.51. The molecule has 0 fully saturated rings. The number of hydrogen-bond donors (Lipinski definition) is 2. The van der Waals surface area contributed by atoms with Crippen molar-refractivity contribution in [2.45, 2.75) is 25.9 Å². The maximum Gasteiger partial charge on any atom is 0.119 e. The Morgan fingerprint density at radius 3 is 2.95 bits per heavy atom. The molecule has 1 aliphatic heterocycles. The van der Waals surface area contributed by atoms with Gasteiger partial charge in [0.25, 0.3) is 0 Å². The number of benzene rings is 2. The van der Waals surface area contributed by atoms with Crippen molar-refractivity contribution in [2.75, 3.05) is 19.0 Å². The minimum Gasteiger partial charge on any atom is -0.497 e. The number of hydrogen-bond acceptors (Lipinski definition) is 3. The van der Waals surface area contributed by atoms with Crippen molar-refractivity contribution in [3.63, 3.8) is 0 Å². The summed E-state index contributed by atoms with van der Waals surface area (Å²) in [5.41, 5.74) is 5.35. The van der Waals surface area contributed by atoms with E-state index >= 15 is 0 Å². The molecule has 3 nitrogen and oxygen atoms in total. The van der Waals surface area contributed by atoms with Crippen LogP contribution in [0.15, 0.2) is 42.5 Å². The molecule has 3 rings (SSSR count). The molecule has 1 heterocycles. The van der Waals surface area contributed by atoms with Crippen LogP contribution in [-0.4, -0.2) is 13.7 Å². The van der Waals surface area contributed by atoms with E-state index in [0.29, 0.717) is 0 Å². The largest absolute Gasteiger partial charge is 0.497 e. The quantitative estimate of drug-likeness (QED) is 0.880. The summed E-state index contributed by atoms with van der Waals surface area (Å²) in [6.07, 6.45) is 1.13. The molecule has 1 aliphatic rings. The molecule has 110 valence electrons. The Bertz CT molecular complexity index is 624. The van der Waals surface area contributed by atoms with Gasteiger partial charge in [-0.3, -0.25) is 0 Å². The van der Waals surface area contributed by atoms with E-state index in [1.165, 1.54) is 22.4 Å². The number of ether oxygens (including phenoxy) is 1. The Kier molecular flexibility index (Phi) is 4.11. The van der Waals surface area contributed by atoms with Gasteiger partial charge in [0.05, 0.1) is 7.11 Å². The van der Waals surface area contributed by atoms with Crippen molar-refractivity contribution in [2.24, 2.45) is 0 Å². The maximum atomic E-state index is 5.29. The molecule has 0 radical (unpaired) electrons. The van der Waals surface area contributed by atoms with Gasteiger partial charge in [-0.1, -0.05) is 30.3 Å². The molecule has 2 aromatic rings. The average molecular weight is 282 g/mol. The summed E-state index contributed by atoms with van der Waals surface area (Å²) in [6, 6.07) is 15.1. The predicted octanol–water partition coefficient (Wildman–Crippen LogP) is 3.51. The first-order chi connectivity index (χ1) is 10.3. The van der Waals surface area contributed by atoms with Gasteiger partial charge >= 0.3 is 0 Å². The SMILES string of the molecule is COc1cccc([C@H](C)NCc2cccc3c2NCC3)c1. The third kappa shape index (κ3) is 3.03. The van der Waals surface area contributed by atoms with Crippen LogP contribution in [0.4, 0.5) is 5.69 Å². The second-order valence-electron chi connectivity index (χ2n) is 5.51. The molecule has 2 N–H and O–H groups in total. The van der Waals surface area contributed by atoms with Gasteiger partial charge in [0.2, 0.25) is 0 Å². The van der Waals surface area contributed by atoms with Crippen molar-refractivity contribution in [3.05, 3.63) is 59.2 Å². The van der Waals surface area contributed by atoms with Crippen LogP contribution in [0.25, 0.3) is 0 Å². The minimum atomic E-state index is 0.289. The first-order valence-corrected chi connectivity index (χ1v) is 7.50. The van der Waals surface area contributed by atoms with E-state index < -0.39 is 0 Å². The normalized spacial score (nSPS) is 14.4. The lowest BCUT2D eigenvalue weighted by molar-refractivity contribution is 0.413. The number of para-hydroxylation sites is 1. The molecular formula is C18H22N2O. The van der Waals surface area contributed by atoms with E-state index in [2.05, 4.69) is 47.9 Å². The zero-order chi connectivity index (χ0) is 14.7. The van der Waals surface area contributed by atoms with Crippen LogP contribution in [0.1, 0.15) is 29.7 Å². The third-order valence-corrected chi connectivity index (χ3v) is 4.13. The lowest BCUT2D eigenvalue weighted by Gasteiger charge is -2.17. The molecule has 0 saturated heterocycles. The highest BCUT2D eigenvalue weighted by atomic mass is 16.5. The summed E-state index contributed by atoms with van der Waals surface area (Å²) in [6.45, 7) is 4.11. The number of nitrogens with one attached hydrogen (secondary N) is 2. The average Bonchev–Trinajstić information content (AvgIpc) is 3.01. The first-order valence-electron chi connectivity index (χ1n) is 7.50. The molecule has 0 amide bonds. The van der Waals surface area contributed by atoms with E-state index in [4.69, 9.17) is 4.74 Å². The number of anilines is 1. The highest BCUT2D eigenvalue weighted by Gasteiger charge is 2.14. The molecule has 0 aliphatic carbocycles. The molecule has 0 saturated carbocycles. The number of rotatable bonds is 5. The molecule has 21 heavy (non-hydrogen) atoms. The van der Waals surface area contributed by atoms with Gasteiger partial charge in [-0.2, -0.15) is 0 Å². The summed E-state index contributed by atoms with van der Waals surface area (Å²) in [5.74, 6) is 0.906. The van der Waals surface area contributed by atoms with Gasteiger partial charge in [0.15, 0.2) is 0 Å². The van der Waals surface area contributed by atoms with E-state index in [-0.39, 0.29) is 6.04 Å². The molecular weight excluding hydrogens is 260 g/mol. The van der Waals surface area contributed by atoms with Crippen molar-refractivity contribution in [1.82, 2.24) is 5.32 Å². The van der Waals surface area contributed by atoms with Crippen molar-refractivity contribution < 1.29 is 4.74 Å². The molecule has 0 unspecified atom stereocenters. The Hall–Kier alpha value is -2.00. The standard InChI is InChI=1S/C18H22N2O/c1-13(15-6-4-8-17(11-15)21-2)20-12-16-7-3-5-14-9-10-19-18(14)16/h3-8,11,13,19-20H,9-10,12H2,1-2H3/t13-/m0/s1. The van der Waals surface area contributed by atoms with Crippen LogP contribution in [0.2, 0.25) is 0 Å². The van der Waals surface area contributed by atoms with E-state index in [9.17, 15) is 0 Å². The van der Waals surface area contributed by atoms with Crippen molar-refractivity contribution in [1.29, 1.82) is 0 Å². The first kappa shape index (κ1) is 14.0. The van der Waals surface area contributed by atoms with Crippen LogP contribution < -0.4 is 15.4 Å². The van der Waals surface area contributed by atoms with Crippen molar-refractivity contribution in [3.8, 4) is 5.75 Å². The van der Waals surface area contributed by atoms with Crippen LogP contribution in [0.3, 0.4) is 0 Å². The number of methoxy groups -OCH3 is 1. The molecule has 0 bridgehead atoms. The fourth-order valence-corrected chi connectivity index (χ4v) is 2.85. The van der Waals surface area contributed by atoms with E-state index in [1.807, 2.05) is 12.1 Å². The van der Waals surface area contributed by atoms with Gasteiger partial charge in [-0.25, -0.2) is 0 Å². The summed E-state index contributed by atoms with van der Waals surface area (Å²) >= 11 is 0. The topological polar surface area (TPSA) is 33.3 Å². The Morgan fingerprint density at radius 1 is 1.24 bits per heavy atom. The van der Waals surface area contributed by atoms with Crippen LogP contribution in [0.5, 0.6) is 5.75 Å². The van der Waals surface area contributed by atoms with E-state index in [1.54, 1.807) is 7.11 Å². The third-order valence-electron chi connectivity index (χ3n) is 4.13. The maximum absolute atomic E-state index is 5.29. The summed E-state index contributed by atoms with van der Waals surface area (Å²) < 4.78 is 5.29. The molecule has 0 aromatic heterocycles. The van der Waals surface area contributed by atoms with Crippen molar-refractivity contribution >= 4 is 5.69 Å². The zero-order valence-electron chi connectivity index (χ0n) is 12.6. The van der Waals surface area contributed by atoms with Gasteiger partial charge in [0.1, 0.15) is 5.75 Å². The summed E-state index contributed by atoms with van der Waals surface area (Å²) in [5, 5.41) is 7.09. The fourth-order valence-electron chi connectivity index (χ4n) is 2.85. The molecule has 0 spiro atoms. The second kappa shape index (κ2) is 6.19. The minimum absolute atomic E-state index is 0.289. The Morgan fingerprint density at radius 2 is 2.10 bits per heavy atom. The monoisotopic (exact) mass is 282 g/mol. The van der Waals surface area contributed by atoms with Gasteiger partial charge in [-0.05, 0) is 42.2 Å². The highest BCUT2D eigenvalue weighted by Crippen LogP contribution is 2.27. The summed E-state index contributed by atoms with van der Waals surface area (Å²) in [4.78, 5) is 0. The zero-order valence-corrected chi connectivity index (χ0v) is 12.6. The number of fused-ring (bicyclic) bond motifs is 1. The summed E-state index contributed by atoms with van der Waals surface area (Å²) in [7, 11) is 1.70. The Labute approximate surface area is 126 Å². The Balaban J connectivity index is 1.68. The van der Waals surface area contributed by atoms with Crippen LogP contribution in [0, 0.1) is 0 Å². The van der Waals surface area contributed by atoms with Gasteiger partial charge in [0, 0.05) is 24.8 Å². The highest BCUT2D eigenvalue weighted by molar-refractivity contribution is 5.61. The smallest absolute Gasteiger partial charge is 0.119 e. The van der Waals surface area contributed by atoms with E-state index in [0.717, 1.165) is 25.3 Å². The fraction of sp³-hybridized carbons (Fsp3) is 0.333. The lowest BCUT2D eigenvalue weighted by atomic mass is 10.1. The lowest BCUT2D eigenvalue weighted by Crippen LogP contribution is -2.18. The predicted molar refractivity (Wildman–Crippen MR) is 86.9 cm³/mol. The van der Waals surface area contributed by atoms with Crippen LogP contribution in [-0.2, 0) is 13.0 Å². The van der Waals surface area contributed by atoms with Gasteiger partial charge in [-0.15, -0.1) is 0 Å². The molecule has 3 heteroatoms.